The van der Waals surface area contributed by atoms with Crippen molar-refractivity contribution in [3.63, 3.8) is 0 Å². The highest BCUT2D eigenvalue weighted by Gasteiger charge is 2.44. The first-order chi connectivity index (χ1) is 17.6. The first-order valence-electron chi connectivity index (χ1n) is 11.8. The minimum atomic E-state index is -4.74. The molecule has 0 amide bonds. The topological polar surface area (TPSA) is 69.5 Å². The molecule has 196 valence electrons. The number of halogens is 5. The van der Waals surface area contributed by atoms with Gasteiger partial charge in [-0.1, -0.05) is 6.92 Å². The summed E-state index contributed by atoms with van der Waals surface area (Å²) in [5.41, 5.74) is -1.75. The second kappa shape index (κ2) is 9.31. The zero-order valence-corrected chi connectivity index (χ0v) is 19.8. The second-order valence-corrected chi connectivity index (χ2v) is 9.16. The molecular weight excluding hydrogens is 499 g/mol. The molecule has 2 aromatic heterocycles. The van der Waals surface area contributed by atoms with Gasteiger partial charge in [-0.25, -0.2) is 13.6 Å². The zero-order valence-electron chi connectivity index (χ0n) is 19.8. The third-order valence-corrected chi connectivity index (χ3v) is 6.89. The van der Waals surface area contributed by atoms with Crippen LogP contribution in [0.25, 0.3) is 0 Å². The van der Waals surface area contributed by atoms with Crippen LogP contribution in [0.4, 0.5) is 27.8 Å². The van der Waals surface area contributed by atoms with Gasteiger partial charge in [-0.05, 0) is 49.4 Å². The third-order valence-electron chi connectivity index (χ3n) is 6.89. The Hall–Kier alpha value is -3.70. The predicted octanol–water partition coefficient (Wildman–Crippen LogP) is 5.46. The van der Waals surface area contributed by atoms with Crippen LogP contribution >= 0.6 is 0 Å². The molecule has 0 spiro atoms. The number of benzene rings is 1. The van der Waals surface area contributed by atoms with Crippen molar-refractivity contribution in [1.82, 2.24) is 14.5 Å². The Balaban J connectivity index is 1.33. The molecule has 4 heterocycles. The summed E-state index contributed by atoms with van der Waals surface area (Å²) in [4.78, 5) is 22.1. The molecule has 1 aromatic carbocycles. The van der Waals surface area contributed by atoms with E-state index in [1.807, 2.05) is 0 Å². The highest BCUT2D eigenvalue weighted by Crippen LogP contribution is 2.42. The summed E-state index contributed by atoms with van der Waals surface area (Å²) in [6.07, 6.45) is 0.0530. The molecule has 0 aliphatic carbocycles. The number of anilines is 1. The van der Waals surface area contributed by atoms with Gasteiger partial charge in [0.15, 0.2) is 17.4 Å². The minimum absolute atomic E-state index is 0.0336. The van der Waals surface area contributed by atoms with Gasteiger partial charge in [0.1, 0.15) is 23.9 Å². The Morgan fingerprint density at radius 3 is 2.57 bits per heavy atom. The number of fused-ring (bicyclic) bond motifs is 3. The molecule has 1 saturated heterocycles. The Kier molecular flexibility index (Phi) is 6.28. The van der Waals surface area contributed by atoms with E-state index in [1.54, 1.807) is 10.6 Å². The Morgan fingerprint density at radius 2 is 1.86 bits per heavy atom. The van der Waals surface area contributed by atoms with E-state index in [9.17, 15) is 26.7 Å². The molecule has 0 radical (unpaired) electrons. The Morgan fingerprint density at radius 1 is 1.11 bits per heavy atom. The Labute approximate surface area is 208 Å². The van der Waals surface area contributed by atoms with Crippen LogP contribution in [0.3, 0.4) is 0 Å². The van der Waals surface area contributed by atoms with Crippen molar-refractivity contribution in [2.24, 2.45) is 0 Å². The molecule has 2 aliphatic rings. The van der Waals surface area contributed by atoms with Crippen LogP contribution in [-0.2, 0) is 19.3 Å². The number of ether oxygens (including phenoxy) is 2. The van der Waals surface area contributed by atoms with Crippen molar-refractivity contribution < 1.29 is 31.4 Å². The maximum Gasteiger partial charge on any atom is 0.433 e. The Bertz CT molecular complexity index is 1370. The van der Waals surface area contributed by atoms with E-state index in [-0.39, 0.29) is 23.6 Å². The fourth-order valence-corrected chi connectivity index (χ4v) is 5.01. The van der Waals surface area contributed by atoms with Crippen molar-refractivity contribution in [2.45, 2.75) is 57.5 Å². The molecule has 0 saturated carbocycles. The lowest BCUT2D eigenvalue weighted by Gasteiger charge is -2.42. The van der Waals surface area contributed by atoms with E-state index in [4.69, 9.17) is 9.47 Å². The van der Waals surface area contributed by atoms with E-state index in [0.717, 1.165) is 56.6 Å². The average molecular weight is 522 g/mol. The summed E-state index contributed by atoms with van der Waals surface area (Å²) in [6, 6.07) is 5.15. The fourth-order valence-electron chi connectivity index (χ4n) is 5.01. The molecule has 0 bridgehead atoms. The molecule has 0 N–H and O–H groups in total. The van der Waals surface area contributed by atoms with Crippen LogP contribution in [-0.4, -0.2) is 26.6 Å². The number of piperidine rings is 1. The van der Waals surface area contributed by atoms with Gasteiger partial charge in [-0.3, -0.25) is 9.55 Å². The first kappa shape index (κ1) is 25.0. The highest BCUT2D eigenvalue weighted by molar-refractivity contribution is 5.50. The van der Waals surface area contributed by atoms with Crippen LogP contribution in [0.5, 0.6) is 17.4 Å². The molecule has 5 rings (SSSR count). The van der Waals surface area contributed by atoms with E-state index in [1.165, 1.54) is 0 Å². The molecule has 1 atom stereocenters. The number of pyridine rings is 1. The number of hydrogen-bond acceptors (Lipinski definition) is 6. The van der Waals surface area contributed by atoms with Crippen LogP contribution in [0.2, 0.25) is 0 Å². The predicted molar refractivity (Wildman–Crippen MR) is 123 cm³/mol. The van der Waals surface area contributed by atoms with Crippen molar-refractivity contribution in [3.05, 3.63) is 69.9 Å². The van der Waals surface area contributed by atoms with Crippen LogP contribution in [0.1, 0.15) is 43.9 Å². The normalized spacial score (nSPS) is 18.9. The average Bonchev–Trinajstić information content (AvgIpc) is 3.20. The molecule has 3 aromatic rings. The van der Waals surface area contributed by atoms with Crippen molar-refractivity contribution >= 4 is 5.82 Å². The number of rotatable bonds is 6. The summed E-state index contributed by atoms with van der Waals surface area (Å²) >= 11 is 0. The highest BCUT2D eigenvalue weighted by atomic mass is 19.4. The summed E-state index contributed by atoms with van der Waals surface area (Å²) in [5, 5.41) is 0. The minimum Gasteiger partial charge on any atom is -0.473 e. The standard InChI is InChI=1S/C25H23F5N4O3/c1-2-24-6-3-4-8-34(24)21-12-20(32-23(35)33(21)14-24)36-13-15-9-17(26)22(18(27)10-15)37-16-5-7-31-19(11-16)25(28,29)30/h5,7,9-12H,2-4,6,8,13-14H2,1H3. The van der Waals surface area contributed by atoms with Gasteiger partial charge < -0.3 is 14.4 Å². The molecule has 1 fully saturated rings. The molecule has 12 heteroatoms. The zero-order chi connectivity index (χ0) is 26.4. The second-order valence-electron chi connectivity index (χ2n) is 9.16. The van der Waals surface area contributed by atoms with Gasteiger partial charge in [0.05, 0.1) is 12.1 Å². The number of aromatic nitrogens is 3. The van der Waals surface area contributed by atoms with Crippen LogP contribution in [0, 0.1) is 11.6 Å². The first-order valence-corrected chi connectivity index (χ1v) is 11.8. The maximum atomic E-state index is 14.6. The van der Waals surface area contributed by atoms with Gasteiger partial charge in [0.25, 0.3) is 0 Å². The van der Waals surface area contributed by atoms with Gasteiger partial charge in [0, 0.05) is 24.9 Å². The summed E-state index contributed by atoms with van der Waals surface area (Å²) in [7, 11) is 0. The van der Waals surface area contributed by atoms with E-state index in [2.05, 4.69) is 21.8 Å². The van der Waals surface area contributed by atoms with Crippen LogP contribution in [0.15, 0.2) is 41.3 Å². The molecule has 1 unspecified atom stereocenters. The molecule has 7 nitrogen and oxygen atoms in total. The number of alkyl halides is 3. The lowest BCUT2D eigenvalue weighted by atomic mass is 9.85. The summed E-state index contributed by atoms with van der Waals surface area (Å²) in [5.74, 6) is -2.80. The van der Waals surface area contributed by atoms with E-state index in [0.29, 0.717) is 18.4 Å². The smallest absolute Gasteiger partial charge is 0.433 e. The van der Waals surface area contributed by atoms with Gasteiger partial charge >= 0.3 is 11.9 Å². The van der Waals surface area contributed by atoms with E-state index >= 15 is 0 Å². The number of nitrogens with zero attached hydrogens (tertiary/aromatic N) is 4. The van der Waals surface area contributed by atoms with Crippen LogP contribution < -0.4 is 20.1 Å². The maximum absolute atomic E-state index is 14.6. The SMILES string of the molecule is CCC12CCCCN1c1cc(OCc3cc(F)c(Oc4ccnc(C(F)(F)F)c4)c(F)c3)nc(=O)n1C2. The number of hydrogen-bond donors (Lipinski definition) is 0. The molecule has 37 heavy (non-hydrogen) atoms. The van der Waals surface area contributed by atoms with Gasteiger partial charge in [0.2, 0.25) is 5.88 Å². The summed E-state index contributed by atoms with van der Waals surface area (Å²) < 4.78 is 80.1. The molecular formula is C25H23F5N4O3. The lowest BCUT2D eigenvalue weighted by molar-refractivity contribution is -0.141. The monoisotopic (exact) mass is 522 g/mol. The molecule has 2 aliphatic heterocycles. The third kappa shape index (κ3) is 4.72. The summed E-state index contributed by atoms with van der Waals surface area (Å²) in [6.45, 7) is 3.18. The van der Waals surface area contributed by atoms with Gasteiger partial charge in [-0.2, -0.15) is 18.2 Å². The van der Waals surface area contributed by atoms with Crippen molar-refractivity contribution in [1.29, 1.82) is 0 Å². The lowest BCUT2D eigenvalue weighted by Crippen LogP contribution is -2.49. The van der Waals surface area contributed by atoms with Gasteiger partial charge in [-0.15, -0.1) is 0 Å². The fraction of sp³-hybridized carbons (Fsp3) is 0.400. The quantitative estimate of drug-likeness (QED) is 0.401. The largest absolute Gasteiger partial charge is 0.473 e. The van der Waals surface area contributed by atoms with Crippen molar-refractivity contribution in [3.8, 4) is 17.4 Å². The van der Waals surface area contributed by atoms with Crippen molar-refractivity contribution in [2.75, 3.05) is 11.4 Å². The van der Waals surface area contributed by atoms with E-state index < -0.39 is 40.7 Å².